The van der Waals surface area contributed by atoms with Crippen LogP contribution in [0.3, 0.4) is 0 Å². The Morgan fingerprint density at radius 1 is 1.25 bits per heavy atom. The van der Waals surface area contributed by atoms with Gasteiger partial charge in [-0.1, -0.05) is 0 Å². The van der Waals surface area contributed by atoms with Gasteiger partial charge in [0.05, 0.1) is 0 Å². The van der Waals surface area contributed by atoms with Gasteiger partial charge in [-0.15, -0.1) is 0 Å². The largest absolute Gasteiger partial charge is 0.314 e. The number of nitrogens with one attached hydrogen (secondary N) is 1. The zero-order valence-electron chi connectivity index (χ0n) is 12.1. The van der Waals surface area contributed by atoms with Crippen LogP contribution in [-0.2, 0) is 6.42 Å². The molecule has 3 nitrogen and oxygen atoms in total. The standard InChI is InChI=1S/C16H21N3S/c1-11-15(4-3-8-17-14-5-6-14)12(2)19-16(18-11)13-7-9-20-10-13/h7,9-10,14,17H,3-6,8H2,1-2H3. The van der Waals surface area contributed by atoms with Crippen LogP contribution in [0.5, 0.6) is 0 Å². The average molecular weight is 287 g/mol. The highest BCUT2D eigenvalue weighted by Gasteiger charge is 2.19. The minimum Gasteiger partial charge on any atom is -0.314 e. The minimum absolute atomic E-state index is 0.800. The van der Waals surface area contributed by atoms with Gasteiger partial charge in [0.25, 0.3) is 0 Å². The van der Waals surface area contributed by atoms with E-state index in [0.29, 0.717) is 0 Å². The summed E-state index contributed by atoms with van der Waals surface area (Å²) in [5, 5.41) is 7.73. The van der Waals surface area contributed by atoms with Gasteiger partial charge in [0.15, 0.2) is 5.82 Å². The van der Waals surface area contributed by atoms with Gasteiger partial charge in [0.1, 0.15) is 0 Å². The van der Waals surface area contributed by atoms with E-state index in [0.717, 1.165) is 41.8 Å². The minimum atomic E-state index is 0.800. The summed E-state index contributed by atoms with van der Waals surface area (Å²) in [6, 6.07) is 2.88. The summed E-state index contributed by atoms with van der Waals surface area (Å²) in [4.78, 5) is 9.36. The van der Waals surface area contributed by atoms with Crippen molar-refractivity contribution in [2.24, 2.45) is 0 Å². The Labute approximate surface area is 124 Å². The van der Waals surface area contributed by atoms with E-state index in [4.69, 9.17) is 0 Å². The molecule has 1 N–H and O–H groups in total. The van der Waals surface area contributed by atoms with Gasteiger partial charge < -0.3 is 5.32 Å². The molecule has 1 aliphatic rings. The Morgan fingerprint density at radius 2 is 2.00 bits per heavy atom. The van der Waals surface area contributed by atoms with Crippen LogP contribution in [0.1, 0.15) is 36.2 Å². The van der Waals surface area contributed by atoms with Crippen molar-refractivity contribution in [1.29, 1.82) is 0 Å². The Morgan fingerprint density at radius 3 is 2.60 bits per heavy atom. The molecule has 106 valence electrons. The van der Waals surface area contributed by atoms with E-state index in [1.165, 1.54) is 24.8 Å². The van der Waals surface area contributed by atoms with Gasteiger partial charge in [-0.25, -0.2) is 9.97 Å². The third kappa shape index (κ3) is 3.25. The number of aryl methyl sites for hydroxylation is 2. The predicted molar refractivity (Wildman–Crippen MR) is 84.2 cm³/mol. The highest BCUT2D eigenvalue weighted by Crippen LogP contribution is 2.22. The first-order valence-corrected chi connectivity index (χ1v) is 8.28. The zero-order valence-corrected chi connectivity index (χ0v) is 13.0. The third-order valence-electron chi connectivity index (χ3n) is 3.81. The van der Waals surface area contributed by atoms with Gasteiger partial charge >= 0.3 is 0 Å². The normalized spacial score (nSPS) is 14.7. The van der Waals surface area contributed by atoms with Crippen LogP contribution < -0.4 is 5.32 Å². The molecule has 0 spiro atoms. The van der Waals surface area contributed by atoms with Crippen LogP contribution in [0.15, 0.2) is 16.8 Å². The Bertz CT molecular complexity index is 550. The van der Waals surface area contributed by atoms with Crippen molar-refractivity contribution >= 4 is 11.3 Å². The quantitative estimate of drug-likeness (QED) is 0.826. The first-order chi connectivity index (χ1) is 9.74. The molecule has 1 fully saturated rings. The smallest absolute Gasteiger partial charge is 0.160 e. The first kappa shape index (κ1) is 13.7. The number of rotatable bonds is 6. The molecule has 1 aliphatic carbocycles. The average Bonchev–Trinajstić information content (AvgIpc) is 3.08. The zero-order chi connectivity index (χ0) is 13.9. The van der Waals surface area contributed by atoms with E-state index in [-0.39, 0.29) is 0 Å². The summed E-state index contributed by atoms with van der Waals surface area (Å²) in [5.41, 5.74) is 4.71. The summed E-state index contributed by atoms with van der Waals surface area (Å²) in [6.07, 6.45) is 4.95. The maximum absolute atomic E-state index is 4.68. The van der Waals surface area contributed by atoms with Crippen LogP contribution in [0.2, 0.25) is 0 Å². The molecule has 20 heavy (non-hydrogen) atoms. The number of nitrogens with zero attached hydrogens (tertiary/aromatic N) is 2. The lowest BCUT2D eigenvalue weighted by atomic mass is 10.1. The van der Waals surface area contributed by atoms with Gasteiger partial charge in [0.2, 0.25) is 0 Å². The Hall–Kier alpha value is -1.26. The molecule has 0 saturated heterocycles. The summed E-state index contributed by atoms with van der Waals surface area (Å²) in [7, 11) is 0. The number of hydrogen-bond acceptors (Lipinski definition) is 4. The number of aromatic nitrogens is 2. The molecule has 2 aromatic heterocycles. The van der Waals surface area contributed by atoms with Crippen LogP contribution in [-0.4, -0.2) is 22.6 Å². The van der Waals surface area contributed by atoms with Gasteiger partial charge in [0, 0.05) is 28.4 Å². The van der Waals surface area contributed by atoms with Crippen molar-refractivity contribution in [2.75, 3.05) is 6.54 Å². The van der Waals surface area contributed by atoms with Crippen LogP contribution in [0, 0.1) is 13.8 Å². The highest BCUT2D eigenvalue weighted by atomic mass is 32.1. The summed E-state index contributed by atoms with van der Waals surface area (Å²) >= 11 is 1.69. The van der Waals surface area contributed by atoms with Crippen LogP contribution in [0.25, 0.3) is 11.4 Å². The Kier molecular flexibility index (Phi) is 4.13. The fraction of sp³-hybridized carbons (Fsp3) is 0.500. The van der Waals surface area contributed by atoms with Crippen molar-refractivity contribution in [3.63, 3.8) is 0 Å². The van der Waals surface area contributed by atoms with E-state index in [1.54, 1.807) is 11.3 Å². The molecule has 2 heterocycles. The molecule has 0 bridgehead atoms. The van der Waals surface area contributed by atoms with E-state index in [1.807, 2.05) is 0 Å². The molecule has 2 aromatic rings. The fourth-order valence-corrected chi connectivity index (χ4v) is 3.12. The molecule has 0 radical (unpaired) electrons. The summed E-state index contributed by atoms with van der Waals surface area (Å²) in [6.45, 7) is 5.32. The second-order valence-corrected chi connectivity index (χ2v) is 6.32. The molecule has 1 saturated carbocycles. The topological polar surface area (TPSA) is 37.8 Å². The third-order valence-corrected chi connectivity index (χ3v) is 4.50. The van der Waals surface area contributed by atoms with Crippen molar-refractivity contribution in [3.05, 3.63) is 33.8 Å². The van der Waals surface area contributed by atoms with Gasteiger partial charge in [-0.05, 0) is 63.1 Å². The molecule has 0 aliphatic heterocycles. The van der Waals surface area contributed by atoms with Gasteiger partial charge in [-0.3, -0.25) is 0 Å². The van der Waals surface area contributed by atoms with E-state index < -0.39 is 0 Å². The molecular weight excluding hydrogens is 266 g/mol. The van der Waals surface area contributed by atoms with Crippen molar-refractivity contribution < 1.29 is 0 Å². The second kappa shape index (κ2) is 6.02. The van der Waals surface area contributed by atoms with Crippen LogP contribution >= 0.6 is 11.3 Å². The van der Waals surface area contributed by atoms with E-state index >= 15 is 0 Å². The lowest BCUT2D eigenvalue weighted by Gasteiger charge is -2.10. The molecule has 3 rings (SSSR count). The molecule has 4 heteroatoms. The highest BCUT2D eigenvalue weighted by molar-refractivity contribution is 7.08. The monoisotopic (exact) mass is 287 g/mol. The van der Waals surface area contributed by atoms with Crippen molar-refractivity contribution in [1.82, 2.24) is 15.3 Å². The first-order valence-electron chi connectivity index (χ1n) is 7.34. The second-order valence-electron chi connectivity index (χ2n) is 5.54. The maximum atomic E-state index is 4.68. The predicted octanol–water partition coefficient (Wildman–Crippen LogP) is 3.51. The van der Waals surface area contributed by atoms with Crippen molar-refractivity contribution in [3.8, 4) is 11.4 Å². The summed E-state index contributed by atoms with van der Waals surface area (Å²) in [5.74, 6) is 0.862. The molecule has 0 atom stereocenters. The summed E-state index contributed by atoms with van der Waals surface area (Å²) < 4.78 is 0. The lowest BCUT2D eigenvalue weighted by molar-refractivity contribution is 0.642. The van der Waals surface area contributed by atoms with Gasteiger partial charge in [-0.2, -0.15) is 11.3 Å². The molecule has 0 unspecified atom stereocenters. The lowest BCUT2D eigenvalue weighted by Crippen LogP contribution is -2.18. The van der Waals surface area contributed by atoms with Crippen LogP contribution in [0.4, 0.5) is 0 Å². The number of thiophene rings is 1. The SMILES string of the molecule is Cc1nc(-c2ccsc2)nc(C)c1CCCNC1CC1. The van der Waals surface area contributed by atoms with Crippen molar-refractivity contribution in [2.45, 2.75) is 45.6 Å². The molecule has 0 amide bonds. The molecular formula is C16H21N3S. The number of hydrogen-bond donors (Lipinski definition) is 1. The maximum Gasteiger partial charge on any atom is 0.160 e. The van der Waals surface area contributed by atoms with E-state index in [2.05, 4.69) is 46.0 Å². The molecule has 0 aromatic carbocycles. The van der Waals surface area contributed by atoms with E-state index in [9.17, 15) is 0 Å². The fourth-order valence-electron chi connectivity index (χ4n) is 2.48. The Balaban J connectivity index is 1.67.